The topological polar surface area (TPSA) is 111 Å². The summed E-state index contributed by atoms with van der Waals surface area (Å²) in [7, 11) is 1.48. The fourth-order valence-electron chi connectivity index (χ4n) is 8.89. The van der Waals surface area contributed by atoms with Crippen LogP contribution < -0.4 is 5.32 Å². The molecular weight excluding hydrogens is 940 g/mol. The Morgan fingerprint density at radius 3 is 1.31 bits per heavy atom. The van der Waals surface area contributed by atoms with Crippen LogP contribution in [-0.2, 0) is 27.9 Å². The quantitative estimate of drug-likeness (QED) is 0.0205. The van der Waals surface area contributed by atoms with Gasteiger partial charge in [0.15, 0.2) is 0 Å². The van der Waals surface area contributed by atoms with Crippen molar-refractivity contribution in [1.82, 2.24) is 5.32 Å². The van der Waals surface area contributed by atoms with Crippen LogP contribution in [0.1, 0.15) is 284 Å². The zero-order valence-corrected chi connectivity index (χ0v) is 50.2. The lowest BCUT2D eigenvalue weighted by molar-refractivity contribution is -0.870. The Balaban J connectivity index is 5.25. The summed E-state index contributed by atoms with van der Waals surface area (Å²) in [4.78, 5) is 37.7. The lowest BCUT2D eigenvalue weighted by Crippen LogP contribution is -2.47. The number of likely N-dealkylation sites (N-methyl/N-ethyl adjacent to an activating group) is 1. The maximum absolute atomic E-state index is 13.5. The van der Waals surface area contributed by atoms with Crippen molar-refractivity contribution < 1.29 is 37.3 Å². The molecule has 0 radical (unpaired) electrons. The van der Waals surface area contributed by atoms with Crippen molar-refractivity contribution in [2.45, 2.75) is 296 Å². The summed E-state index contributed by atoms with van der Waals surface area (Å²) < 4.78 is 30.7. The van der Waals surface area contributed by atoms with Crippen LogP contribution in [-0.4, -0.2) is 74.3 Å². The van der Waals surface area contributed by atoms with E-state index >= 15 is 0 Å². The molecule has 0 aliphatic carbocycles. The van der Waals surface area contributed by atoms with Gasteiger partial charge in [-0.3, -0.25) is 18.6 Å². The van der Waals surface area contributed by atoms with E-state index in [1.807, 2.05) is 33.3 Å². The second-order valence-electron chi connectivity index (χ2n) is 22.2. The number of carbonyl (C=O) groups excluding carboxylic acids is 2. The molecule has 0 saturated carbocycles. The van der Waals surface area contributed by atoms with Crippen molar-refractivity contribution in [3.63, 3.8) is 0 Å². The number of hydrogen-bond acceptors (Lipinski definition) is 6. The molecule has 0 aromatic heterocycles. The Morgan fingerprint density at radius 2 is 0.865 bits per heavy atom. The summed E-state index contributed by atoms with van der Waals surface area (Å²) in [5.74, 6) is -0.526. The molecule has 3 unspecified atom stereocenters. The maximum Gasteiger partial charge on any atom is 0.472 e. The number of phosphoric ester groups is 1. The third kappa shape index (κ3) is 54.5. The summed E-state index contributed by atoms with van der Waals surface area (Å²) in [6.07, 6.45) is 67.9. The number of quaternary nitrogens is 1. The van der Waals surface area contributed by atoms with E-state index < -0.39 is 20.0 Å². The number of phosphoric acid groups is 1. The second-order valence-corrected chi connectivity index (χ2v) is 23.6. The third-order valence-corrected chi connectivity index (χ3v) is 14.7. The number of nitrogens with zero attached hydrogens (tertiary/aromatic N) is 1. The summed E-state index contributed by atoms with van der Waals surface area (Å²) >= 11 is 0. The largest absolute Gasteiger partial charge is 0.472 e. The predicted molar refractivity (Wildman–Crippen MR) is 318 cm³/mol. The SMILES string of the molecule is CC/C=C/C/C=C/C/C=C/CCCCCCC(=O)NC(COP(=O)(O)OCC[N+](C)(C)C)C(/C=C\CCCCCCCCCCCCC)OC(=O)CCCCCCCCCCCCC/C=C/CCCCCCCC. The standard InChI is InChI=1S/C64H119N2O7P/c1-7-10-13-16-19-22-25-28-30-31-32-33-34-35-36-39-42-45-48-51-54-57-64(68)73-62(55-52-49-46-43-40-37-27-24-21-18-15-12-9-3)61(60-72-74(69,70)71-59-58-66(4,5)6)65-63(67)56-53-50-47-44-41-38-29-26-23-20-17-14-11-8-2/h11,14,20,23,28-30,38,52,55,61-62H,7-10,12-13,15-19,21-22,24-27,31-37,39-51,53-54,56-60H2,1-6H3,(H-,65,67,69,70)/p+1/b14-11+,23-20+,30-28+,38-29+,55-52-. The molecule has 74 heavy (non-hydrogen) atoms. The monoisotopic (exact) mass is 1060 g/mol. The van der Waals surface area contributed by atoms with Crippen LogP contribution in [0.5, 0.6) is 0 Å². The first kappa shape index (κ1) is 71.7. The third-order valence-electron chi connectivity index (χ3n) is 13.7. The molecule has 0 rings (SSSR count). The minimum atomic E-state index is -4.45. The number of nitrogens with one attached hydrogen (secondary N) is 1. The van der Waals surface area contributed by atoms with Crippen molar-refractivity contribution in [1.29, 1.82) is 0 Å². The van der Waals surface area contributed by atoms with E-state index in [0.717, 1.165) is 89.9 Å². The summed E-state index contributed by atoms with van der Waals surface area (Å²) in [6, 6.07) is -0.860. The van der Waals surface area contributed by atoms with E-state index in [1.165, 1.54) is 161 Å². The first-order valence-electron chi connectivity index (χ1n) is 31.1. The number of rotatable bonds is 56. The molecule has 0 aliphatic rings. The van der Waals surface area contributed by atoms with E-state index in [1.54, 1.807) is 0 Å². The highest BCUT2D eigenvalue weighted by atomic mass is 31.2. The van der Waals surface area contributed by atoms with Crippen molar-refractivity contribution in [2.24, 2.45) is 0 Å². The number of ether oxygens (including phenoxy) is 1. The van der Waals surface area contributed by atoms with Gasteiger partial charge in [0.25, 0.3) is 0 Å². The molecular formula is C64H120N2O7P+. The van der Waals surface area contributed by atoms with E-state index in [2.05, 4.69) is 74.7 Å². The number of unbranched alkanes of at least 4 members (excludes halogenated alkanes) is 32. The minimum absolute atomic E-state index is 0.0348. The number of amides is 1. The molecule has 0 bridgehead atoms. The van der Waals surface area contributed by atoms with Crippen molar-refractivity contribution in [3.05, 3.63) is 60.8 Å². The van der Waals surface area contributed by atoms with Gasteiger partial charge in [0.1, 0.15) is 19.3 Å². The Bertz CT molecular complexity index is 1450. The van der Waals surface area contributed by atoms with Gasteiger partial charge >= 0.3 is 13.8 Å². The Labute approximate surface area is 458 Å². The smallest absolute Gasteiger partial charge is 0.456 e. The molecule has 0 aromatic rings. The highest BCUT2D eigenvalue weighted by Crippen LogP contribution is 2.43. The summed E-state index contributed by atoms with van der Waals surface area (Å²) in [5.41, 5.74) is 0. The molecule has 0 aromatic carbocycles. The molecule has 0 heterocycles. The van der Waals surface area contributed by atoms with Crippen molar-refractivity contribution in [3.8, 4) is 0 Å². The molecule has 3 atom stereocenters. The molecule has 0 spiro atoms. The average molecular weight is 1060 g/mol. The van der Waals surface area contributed by atoms with Crippen molar-refractivity contribution >= 4 is 19.7 Å². The van der Waals surface area contributed by atoms with Crippen LogP contribution in [0, 0.1) is 0 Å². The summed E-state index contributed by atoms with van der Waals surface area (Å²) in [5, 5.41) is 3.04. The predicted octanol–water partition coefficient (Wildman–Crippen LogP) is 19.1. The van der Waals surface area contributed by atoms with E-state index in [-0.39, 0.29) is 31.5 Å². The number of esters is 1. The van der Waals surface area contributed by atoms with Gasteiger partial charge in [-0.05, 0) is 89.5 Å². The average Bonchev–Trinajstić information content (AvgIpc) is 3.36. The van der Waals surface area contributed by atoms with E-state index in [0.29, 0.717) is 17.4 Å². The first-order chi connectivity index (χ1) is 35.9. The molecule has 1 amide bonds. The van der Waals surface area contributed by atoms with Crippen LogP contribution in [0.4, 0.5) is 0 Å². The van der Waals surface area contributed by atoms with Crippen LogP contribution >= 0.6 is 7.82 Å². The number of hydrogen-bond donors (Lipinski definition) is 2. The van der Waals surface area contributed by atoms with Gasteiger partial charge in [0, 0.05) is 12.8 Å². The van der Waals surface area contributed by atoms with Crippen LogP contribution in [0.25, 0.3) is 0 Å². The maximum atomic E-state index is 13.5. The molecule has 9 nitrogen and oxygen atoms in total. The van der Waals surface area contributed by atoms with Gasteiger partial charge in [-0.15, -0.1) is 0 Å². The van der Waals surface area contributed by atoms with Gasteiger partial charge in [-0.1, -0.05) is 242 Å². The molecule has 432 valence electrons. The van der Waals surface area contributed by atoms with Gasteiger partial charge in [0.2, 0.25) is 5.91 Å². The Morgan fingerprint density at radius 1 is 0.486 bits per heavy atom. The van der Waals surface area contributed by atoms with Crippen LogP contribution in [0.15, 0.2) is 60.8 Å². The Hall–Kier alpha value is -2.29. The number of allylic oxidation sites excluding steroid dienone is 9. The number of carbonyl (C=O) groups is 2. The second kappa shape index (κ2) is 54.1. The van der Waals surface area contributed by atoms with Crippen molar-refractivity contribution in [2.75, 3.05) is 40.9 Å². The minimum Gasteiger partial charge on any atom is -0.456 e. The molecule has 0 fully saturated rings. The first-order valence-corrected chi connectivity index (χ1v) is 32.6. The van der Waals surface area contributed by atoms with Crippen LogP contribution in [0.3, 0.4) is 0 Å². The highest BCUT2D eigenvalue weighted by molar-refractivity contribution is 7.47. The Kier molecular flexibility index (Phi) is 52.4. The van der Waals surface area contributed by atoms with Gasteiger partial charge in [-0.25, -0.2) is 4.57 Å². The van der Waals surface area contributed by atoms with Gasteiger partial charge in [-0.2, -0.15) is 0 Å². The molecule has 2 N–H and O–H groups in total. The van der Waals surface area contributed by atoms with Crippen LogP contribution in [0.2, 0.25) is 0 Å². The fraction of sp³-hybridized carbons (Fsp3) is 0.812. The van der Waals surface area contributed by atoms with Gasteiger partial charge in [0.05, 0.1) is 33.8 Å². The molecule has 0 aliphatic heterocycles. The highest BCUT2D eigenvalue weighted by Gasteiger charge is 2.30. The van der Waals surface area contributed by atoms with Gasteiger partial charge < -0.3 is 19.4 Å². The normalized spacial score (nSPS) is 14.1. The van der Waals surface area contributed by atoms with E-state index in [4.69, 9.17) is 13.8 Å². The fourth-order valence-corrected chi connectivity index (χ4v) is 9.63. The van der Waals surface area contributed by atoms with E-state index in [9.17, 15) is 19.0 Å². The zero-order valence-electron chi connectivity index (χ0n) is 49.3. The lowest BCUT2D eigenvalue weighted by Gasteiger charge is -2.27. The molecule has 10 heteroatoms. The zero-order chi connectivity index (χ0) is 54.3. The lowest BCUT2D eigenvalue weighted by atomic mass is 10.0. The molecule has 0 saturated heterocycles. The summed E-state index contributed by atoms with van der Waals surface area (Å²) in [6.45, 7) is 6.89.